The lowest BCUT2D eigenvalue weighted by atomic mass is 10.00. The first-order valence-electron chi connectivity index (χ1n) is 8.33. The molecule has 3 rings (SSSR count). The molecule has 1 aliphatic rings. The monoisotopic (exact) mass is 364 g/mol. The first kappa shape index (κ1) is 19.3. The van der Waals surface area contributed by atoms with E-state index in [0.717, 1.165) is 36.4 Å². The van der Waals surface area contributed by atoms with E-state index in [-0.39, 0.29) is 30.4 Å². The van der Waals surface area contributed by atoms with Crippen LogP contribution in [0, 0.1) is 6.92 Å². The second-order valence-electron chi connectivity index (χ2n) is 6.29. The molecule has 1 saturated heterocycles. The Bertz CT molecular complexity index is 732. The highest BCUT2D eigenvalue weighted by atomic mass is 35.5. The Hall–Kier alpha value is -2.05. The number of hydrogen-bond acceptors (Lipinski definition) is 4. The average Bonchev–Trinajstić information content (AvgIpc) is 3.07. The highest BCUT2D eigenvalue weighted by molar-refractivity contribution is 5.92. The van der Waals surface area contributed by atoms with Gasteiger partial charge in [-0.1, -0.05) is 6.07 Å². The Labute approximate surface area is 154 Å². The summed E-state index contributed by atoms with van der Waals surface area (Å²) in [4.78, 5) is 12.5. The summed E-state index contributed by atoms with van der Waals surface area (Å²) in [6.45, 7) is 5.12. The molecule has 1 aromatic heterocycles. The number of halogens is 1. The van der Waals surface area contributed by atoms with E-state index in [0.29, 0.717) is 5.69 Å². The fourth-order valence-corrected chi connectivity index (χ4v) is 3.04. The van der Waals surface area contributed by atoms with Crippen LogP contribution in [-0.4, -0.2) is 41.4 Å². The zero-order chi connectivity index (χ0) is 17.1. The number of piperidine rings is 1. The molecule has 2 N–H and O–H groups in total. The maximum Gasteiger partial charge on any atom is 0.272 e. The van der Waals surface area contributed by atoms with Gasteiger partial charge in [-0.15, -0.1) is 12.4 Å². The minimum Gasteiger partial charge on any atom is -0.494 e. The first-order valence-corrected chi connectivity index (χ1v) is 8.33. The molecule has 1 fully saturated rings. The number of hydrogen-bond donors (Lipinski definition) is 2. The second kappa shape index (κ2) is 8.36. The number of amides is 1. The van der Waals surface area contributed by atoms with E-state index in [1.165, 1.54) is 0 Å². The van der Waals surface area contributed by atoms with Crippen LogP contribution in [0.15, 0.2) is 30.5 Å². The minimum absolute atomic E-state index is 0. The number of ether oxygens (including phenoxy) is 1. The number of aryl methyl sites for hydroxylation is 1. The van der Waals surface area contributed by atoms with Gasteiger partial charge in [-0.2, -0.15) is 5.10 Å². The molecular weight excluding hydrogens is 340 g/mol. The quantitative estimate of drug-likeness (QED) is 0.874. The maximum absolute atomic E-state index is 12.5. The van der Waals surface area contributed by atoms with Crippen LogP contribution in [0.2, 0.25) is 0 Å². The summed E-state index contributed by atoms with van der Waals surface area (Å²) in [6, 6.07) is 8.03. The number of carbonyl (C=O) groups excluding carboxylic acids is 1. The molecule has 7 heteroatoms. The number of benzene rings is 1. The van der Waals surface area contributed by atoms with Crippen molar-refractivity contribution in [3.8, 4) is 11.4 Å². The van der Waals surface area contributed by atoms with Crippen LogP contribution in [0.4, 0.5) is 0 Å². The summed E-state index contributed by atoms with van der Waals surface area (Å²) in [5, 5.41) is 10.9. The third-order valence-electron chi connectivity index (χ3n) is 4.48. The van der Waals surface area contributed by atoms with Crippen LogP contribution in [-0.2, 0) is 0 Å². The molecule has 1 aromatic carbocycles. The van der Waals surface area contributed by atoms with E-state index in [4.69, 9.17) is 4.74 Å². The molecule has 0 saturated carbocycles. The molecule has 0 bridgehead atoms. The van der Waals surface area contributed by atoms with E-state index in [1.807, 2.05) is 25.1 Å². The van der Waals surface area contributed by atoms with Gasteiger partial charge in [-0.25, -0.2) is 4.68 Å². The zero-order valence-electron chi connectivity index (χ0n) is 14.8. The number of aromatic nitrogens is 2. The standard InChI is InChI=1S/C18H24N4O2.ClH/c1-12-6-7-17(24-3)16(11-12)22-10-8-15(21-22)18(23)20-14-5-4-9-19-13(14)2;/h6-8,10-11,13-14,19H,4-5,9H2,1-3H3,(H,20,23);1H. The average molecular weight is 365 g/mol. The molecule has 1 amide bonds. The van der Waals surface area contributed by atoms with E-state index >= 15 is 0 Å². The van der Waals surface area contributed by atoms with Crippen molar-refractivity contribution in [1.29, 1.82) is 0 Å². The van der Waals surface area contributed by atoms with Crippen LogP contribution < -0.4 is 15.4 Å². The first-order chi connectivity index (χ1) is 11.6. The summed E-state index contributed by atoms with van der Waals surface area (Å²) in [7, 11) is 1.63. The van der Waals surface area contributed by atoms with E-state index in [2.05, 4.69) is 22.7 Å². The van der Waals surface area contributed by atoms with Crippen molar-refractivity contribution in [3.05, 3.63) is 41.7 Å². The fourth-order valence-electron chi connectivity index (χ4n) is 3.04. The van der Waals surface area contributed by atoms with Crippen molar-refractivity contribution in [1.82, 2.24) is 20.4 Å². The van der Waals surface area contributed by atoms with Crippen LogP contribution in [0.1, 0.15) is 35.8 Å². The maximum atomic E-state index is 12.5. The zero-order valence-corrected chi connectivity index (χ0v) is 15.6. The van der Waals surface area contributed by atoms with E-state index < -0.39 is 0 Å². The van der Waals surface area contributed by atoms with Crippen LogP contribution in [0.5, 0.6) is 5.75 Å². The molecule has 2 unspecified atom stereocenters. The highest BCUT2D eigenvalue weighted by Gasteiger charge is 2.23. The SMILES string of the molecule is COc1ccc(C)cc1-n1ccc(C(=O)NC2CCCNC2C)n1.Cl. The van der Waals surface area contributed by atoms with Gasteiger partial charge in [0.1, 0.15) is 11.4 Å². The van der Waals surface area contributed by atoms with E-state index in [9.17, 15) is 4.79 Å². The molecule has 136 valence electrons. The lowest BCUT2D eigenvalue weighted by Crippen LogP contribution is -2.52. The molecular formula is C18H25ClN4O2. The Balaban J connectivity index is 0.00000225. The fraction of sp³-hybridized carbons (Fsp3) is 0.444. The van der Waals surface area contributed by atoms with Gasteiger partial charge < -0.3 is 15.4 Å². The summed E-state index contributed by atoms with van der Waals surface area (Å²) >= 11 is 0. The summed E-state index contributed by atoms with van der Waals surface area (Å²) < 4.78 is 7.07. The number of rotatable bonds is 4. The van der Waals surface area contributed by atoms with Gasteiger partial charge in [-0.05, 0) is 57.0 Å². The van der Waals surface area contributed by atoms with E-state index in [1.54, 1.807) is 24.1 Å². The Morgan fingerprint density at radius 2 is 2.20 bits per heavy atom. The molecule has 2 heterocycles. The molecule has 2 aromatic rings. The molecule has 1 aliphatic heterocycles. The lowest BCUT2D eigenvalue weighted by Gasteiger charge is -2.30. The number of nitrogens with zero attached hydrogens (tertiary/aromatic N) is 2. The second-order valence-corrected chi connectivity index (χ2v) is 6.29. The van der Waals surface area contributed by atoms with Gasteiger partial charge >= 0.3 is 0 Å². The molecule has 6 nitrogen and oxygen atoms in total. The predicted molar refractivity (Wildman–Crippen MR) is 100 cm³/mol. The van der Waals surface area contributed by atoms with Gasteiger partial charge in [0.2, 0.25) is 0 Å². The third kappa shape index (κ3) is 4.32. The number of carbonyl (C=O) groups is 1. The molecule has 25 heavy (non-hydrogen) atoms. The van der Waals surface area contributed by atoms with Gasteiger partial charge in [0.25, 0.3) is 5.91 Å². The third-order valence-corrected chi connectivity index (χ3v) is 4.48. The smallest absolute Gasteiger partial charge is 0.272 e. The normalized spacial score (nSPS) is 19.8. The topological polar surface area (TPSA) is 68.2 Å². The van der Waals surface area contributed by atoms with Crippen molar-refractivity contribution in [2.45, 2.75) is 38.8 Å². The van der Waals surface area contributed by atoms with Crippen LogP contribution >= 0.6 is 12.4 Å². The lowest BCUT2D eigenvalue weighted by molar-refractivity contribution is 0.0914. The summed E-state index contributed by atoms with van der Waals surface area (Å²) in [5.74, 6) is 0.585. The summed E-state index contributed by atoms with van der Waals surface area (Å²) in [5.41, 5.74) is 2.34. The Morgan fingerprint density at radius 3 is 2.92 bits per heavy atom. The predicted octanol–water partition coefficient (Wildman–Crippen LogP) is 2.48. The van der Waals surface area contributed by atoms with Gasteiger partial charge in [0.05, 0.1) is 7.11 Å². The Morgan fingerprint density at radius 1 is 1.40 bits per heavy atom. The van der Waals surface area contributed by atoms with Gasteiger partial charge in [-0.3, -0.25) is 4.79 Å². The molecule has 0 radical (unpaired) electrons. The van der Waals surface area contributed by atoms with Gasteiger partial charge in [0, 0.05) is 18.3 Å². The summed E-state index contributed by atoms with van der Waals surface area (Å²) in [6.07, 6.45) is 3.85. The number of nitrogens with one attached hydrogen (secondary N) is 2. The van der Waals surface area contributed by atoms with Crippen molar-refractivity contribution >= 4 is 18.3 Å². The van der Waals surface area contributed by atoms with Crippen LogP contribution in [0.25, 0.3) is 5.69 Å². The van der Waals surface area contributed by atoms with Crippen molar-refractivity contribution in [2.24, 2.45) is 0 Å². The molecule has 2 atom stereocenters. The van der Waals surface area contributed by atoms with Crippen molar-refractivity contribution in [2.75, 3.05) is 13.7 Å². The molecule has 0 aliphatic carbocycles. The van der Waals surface area contributed by atoms with Crippen LogP contribution in [0.3, 0.4) is 0 Å². The molecule has 0 spiro atoms. The van der Waals surface area contributed by atoms with Crippen molar-refractivity contribution < 1.29 is 9.53 Å². The highest BCUT2D eigenvalue weighted by Crippen LogP contribution is 2.23. The largest absolute Gasteiger partial charge is 0.494 e. The van der Waals surface area contributed by atoms with Gasteiger partial charge in [0.15, 0.2) is 5.69 Å². The number of methoxy groups -OCH3 is 1. The Kier molecular flexibility index (Phi) is 6.45. The minimum atomic E-state index is -0.138. The van der Waals surface area contributed by atoms with Crippen molar-refractivity contribution in [3.63, 3.8) is 0 Å².